The van der Waals surface area contributed by atoms with Gasteiger partial charge in [-0.05, 0) is 43.5 Å². The summed E-state index contributed by atoms with van der Waals surface area (Å²) in [7, 11) is 0. The molecule has 32 heavy (non-hydrogen) atoms. The van der Waals surface area contributed by atoms with Crippen molar-refractivity contribution in [3.05, 3.63) is 60.2 Å². The quantitative estimate of drug-likeness (QED) is 0.546. The van der Waals surface area contributed by atoms with Gasteiger partial charge in [-0.1, -0.05) is 36.4 Å². The van der Waals surface area contributed by atoms with Gasteiger partial charge in [0, 0.05) is 30.5 Å². The predicted molar refractivity (Wildman–Crippen MR) is 123 cm³/mol. The number of alkyl carbamates (subject to hydrolysis) is 1. The molecule has 0 aliphatic carbocycles. The number of nitrogens with zero attached hydrogens (tertiary/aromatic N) is 1. The maximum absolute atomic E-state index is 12.5. The Morgan fingerprint density at radius 1 is 1.09 bits per heavy atom. The molecule has 0 bridgehead atoms. The summed E-state index contributed by atoms with van der Waals surface area (Å²) in [6.45, 7) is 3.04. The molecule has 2 amide bonds. The molecule has 2 aromatic rings. The Kier molecular flexibility index (Phi) is 8.08. The van der Waals surface area contributed by atoms with Crippen LogP contribution in [0.1, 0.15) is 31.7 Å². The van der Waals surface area contributed by atoms with Crippen molar-refractivity contribution in [2.24, 2.45) is 0 Å². The largest absolute Gasteiger partial charge is 0.445 e. The molecule has 1 aliphatic heterocycles. The number of nitrogen functional groups attached to an aromatic ring is 1. The Labute approximate surface area is 188 Å². The highest BCUT2D eigenvalue weighted by Gasteiger charge is 2.25. The minimum Gasteiger partial charge on any atom is -0.445 e. The maximum atomic E-state index is 12.5. The molecule has 0 spiro atoms. The molecule has 8 nitrogen and oxygen atoms in total. The van der Waals surface area contributed by atoms with Crippen LogP contribution in [0, 0.1) is 0 Å². The molecule has 1 heterocycles. The molecule has 8 heteroatoms. The third-order valence-electron chi connectivity index (χ3n) is 5.48. The van der Waals surface area contributed by atoms with E-state index in [9.17, 15) is 14.4 Å². The van der Waals surface area contributed by atoms with Gasteiger partial charge in [-0.2, -0.15) is 0 Å². The van der Waals surface area contributed by atoms with E-state index in [-0.39, 0.29) is 30.8 Å². The molecule has 3 rings (SSSR count). The number of hydrogen-bond donors (Lipinski definition) is 3. The highest BCUT2D eigenvalue weighted by atomic mass is 16.5. The van der Waals surface area contributed by atoms with Gasteiger partial charge in [0.25, 0.3) is 0 Å². The molecule has 1 saturated heterocycles. The predicted octanol–water partition coefficient (Wildman–Crippen LogP) is 2.63. The third kappa shape index (κ3) is 7.01. The number of carbonyl (C=O) groups excluding carboxylic acids is 3. The molecule has 1 fully saturated rings. The van der Waals surface area contributed by atoms with E-state index in [1.54, 1.807) is 0 Å². The molecule has 0 unspecified atom stereocenters. The van der Waals surface area contributed by atoms with Gasteiger partial charge in [0.05, 0.1) is 12.5 Å². The number of piperidine rings is 1. The van der Waals surface area contributed by atoms with E-state index < -0.39 is 12.1 Å². The molecule has 2 aromatic carbocycles. The van der Waals surface area contributed by atoms with Gasteiger partial charge in [0.2, 0.25) is 5.91 Å². The van der Waals surface area contributed by atoms with Crippen LogP contribution < -0.4 is 21.3 Å². The fourth-order valence-corrected chi connectivity index (χ4v) is 3.68. The van der Waals surface area contributed by atoms with Crippen molar-refractivity contribution in [1.82, 2.24) is 10.6 Å². The summed E-state index contributed by atoms with van der Waals surface area (Å²) in [4.78, 5) is 38.7. The van der Waals surface area contributed by atoms with Crippen LogP contribution >= 0.6 is 0 Å². The highest BCUT2D eigenvalue weighted by molar-refractivity contribution is 5.90. The van der Waals surface area contributed by atoms with Gasteiger partial charge < -0.3 is 26.0 Å². The molecule has 4 N–H and O–H groups in total. The first kappa shape index (κ1) is 23.1. The number of amides is 2. The van der Waals surface area contributed by atoms with Crippen molar-refractivity contribution in [2.75, 3.05) is 23.7 Å². The molecule has 1 atom stereocenters. The van der Waals surface area contributed by atoms with Crippen molar-refractivity contribution < 1.29 is 19.1 Å². The minimum atomic E-state index is -0.925. The summed E-state index contributed by atoms with van der Waals surface area (Å²) < 4.78 is 5.15. The Morgan fingerprint density at radius 2 is 1.81 bits per heavy atom. The van der Waals surface area contributed by atoms with E-state index in [1.807, 2.05) is 54.6 Å². The van der Waals surface area contributed by atoms with Crippen molar-refractivity contribution in [2.45, 2.75) is 44.9 Å². The summed E-state index contributed by atoms with van der Waals surface area (Å²) in [5, 5.41) is 5.48. The SMILES string of the molecule is CC(=O)[C@H](CC(=O)NC1CCN(c2cccc(N)c2)CC1)NC(=O)OCc1ccccc1. The molecular weight excluding hydrogens is 408 g/mol. The minimum absolute atomic E-state index is 0.0254. The van der Waals surface area contributed by atoms with Crippen LogP contribution in [0.5, 0.6) is 0 Å². The van der Waals surface area contributed by atoms with Gasteiger partial charge in [-0.15, -0.1) is 0 Å². The zero-order chi connectivity index (χ0) is 22.9. The van der Waals surface area contributed by atoms with Gasteiger partial charge in [-0.25, -0.2) is 4.79 Å². The van der Waals surface area contributed by atoms with Gasteiger partial charge in [0.15, 0.2) is 5.78 Å². The van der Waals surface area contributed by atoms with E-state index >= 15 is 0 Å². The Hall–Kier alpha value is -3.55. The molecule has 1 aliphatic rings. The summed E-state index contributed by atoms with van der Waals surface area (Å²) in [6.07, 6.45) is 0.734. The van der Waals surface area contributed by atoms with E-state index in [0.29, 0.717) is 0 Å². The van der Waals surface area contributed by atoms with Crippen molar-refractivity contribution in [3.63, 3.8) is 0 Å². The standard InChI is InChI=1S/C24H30N4O4/c1-17(29)22(27-24(31)32-16-18-6-3-2-4-7-18)15-23(30)26-20-10-12-28(13-11-20)21-9-5-8-19(25)14-21/h2-9,14,20,22H,10-13,15-16,25H2,1H3,(H,26,30)(H,27,31)/t22-/m0/s1. The molecule has 170 valence electrons. The number of ketones is 1. The fourth-order valence-electron chi connectivity index (χ4n) is 3.68. The monoisotopic (exact) mass is 438 g/mol. The Bertz CT molecular complexity index is 927. The molecule has 0 saturated carbocycles. The van der Waals surface area contributed by atoms with Crippen molar-refractivity contribution in [3.8, 4) is 0 Å². The number of ether oxygens (including phenoxy) is 1. The molecule has 0 aromatic heterocycles. The second-order valence-corrected chi connectivity index (χ2v) is 8.00. The number of carbonyl (C=O) groups is 3. The topological polar surface area (TPSA) is 114 Å². The molecular formula is C24H30N4O4. The van der Waals surface area contributed by atoms with Crippen LogP contribution in [0.4, 0.5) is 16.2 Å². The van der Waals surface area contributed by atoms with Crippen LogP contribution in [0.2, 0.25) is 0 Å². The van der Waals surface area contributed by atoms with E-state index in [0.717, 1.165) is 42.9 Å². The maximum Gasteiger partial charge on any atom is 0.408 e. The smallest absolute Gasteiger partial charge is 0.408 e. The zero-order valence-electron chi connectivity index (χ0n) is 18.3. The number of nitrogens with one attached hydrogen (secondary N) is 2. The number of benzene rings is 2. The van der Waals surface area contributed by atoms with Crippen molar-refractivity contribution in [1.29, 1.82) is 0 Å². The first-order valence-electron chi connectivity index (χ1n) is 10.8. The van der Waals surface area contributed by atoms with Gasteiger partial charge >= 0.3 is 6.09 Å². The summed E-state index contributed by atoms with van der Waals surface area (Å²) in [5.41, 5.74) is 8.50. The lowest BCUT2D eigenvalue weighted by molar-refractivity contribution is -0.126. The summed E-state index contributed by atoms with van der Waals surface area (Å²) in [6, 6.07) is 16.1. The lowest BCUT2D eigenvalue weighted by Gasteiger charge is -2.34. The van der Waals surface area contributed by atoms with E-state index in [2.05, 4.69) is 15.5 Å². The third-order valence-corrected chi connectivity index (χ3v) is 5.48. The van der Waals surface area contributed by atoms with Gasteiger partial charge in [-0.3, -0.25) is 9.59 Å². The summed E-state index contributed by atoms with van der Waals surface area (Å²) >= 11 is 0. The lowest BCUT2D eigenvalue weighted by Crippen LogP contribution is -2.48. The normalized spacial score (nSPS) is 15.0. The Balaban J connectivity index is 1.43. The lowest BCUT2D eigenvalue weighted by atomic mass is 10.0. The first-order valence-corrected chi connectivity index (χ1v) is 10.8. The average Bonchev–Trinajstić information content (AvgIpc) is 2.78. The first-order chi connectivity index (χ1) is 15.4. The highest BCUT2D eigenvalue weighted by Crippen LogP contribution is 2.22. The van der Waals surface area contributed by atoms with Crippen molar-refractivity contribution >= 4 is 29.2 Å². The fraction of sp³-hybridized carbons (Fsp3) is 0.375. The number of nitrogens with two attached hydrogens (primary N) is 1. The number of anilines is 2. The van der Waals surface area contributed by atoms with Gasteiger partial charge in [0.1, 0.15) is 6.61 Å². The zero-order valence-corrected chi connectivity index (χ0v) is 18.3. The number of Topliss-reactive ketones (excluding diaryl/α,β-unsaturated/α-hetero) is 1. The van der Waals surface area contributed by atoms with Crippen LogP contribution in [-0.4, -0.2) is 43.0 Å². The Morgan fingerprint density at radius 3 is 2.47 bits per heavy atom. The van der Waals surface area contributed by atoms with Crippen LogP contribution in [0.25, 0.3) is 0 Å². The van der Waals surface area contributed by atoms with Crippen LogP contribution in [-0.2, 0) is 20.9 Å². The average molecular weight is 439 g/mol. The molecule has 0 radical (unpaired) electrons. The van der Waals surface area contributed by atoms with Crippen LogP contribution in [0.15, 0.2) is 54.6 Å². The number of hydrogen-bond acceptors (Lipinski definition) is 6. The van der Waals surface area contributed by atoms with Crippen LogP contribution in [0.3, 0.4) is 0 Å². The van der Waals surface area contributed by atoms with E-state index in [4.69, 9.17) is 10.5 Å². The second kappa shape index (κ2) is 11.2. The van der Waals surface area contributed by atoms with E-state index in [1.165, 1.54) is 6.92 Å². The second-order valence-electron chi connectivity index (χ2n) is 8.00. The number of rotatable bonds is 8. The summed E-state index contributed by atoms with van der Waals surface area (Å²) in [5.74, 6) is -0.565.